The minimum Gasteiger partial charge on any atom is -0.462 e. The van der Waals surface area contributed by atoms with Crippen molar-refractivity contribution in [2.45, 2.75) is 46.5 Å². The Balaban J connectivity index is 3.87. The van der Waals surface area contributed by atoms with E-state index in [9.17, 15) is 4.79 Å². The third-order valence-electron chi connectivity index (χ3n) is 1.85. The van der Waals surface area contributed by atoms with Crippen molar-refractivity contribution in [2.24, 2.45) is 0 Å². The van der Waals surface area contributed by atoms with Gasteiger partial charge in [0.15, 0.2) is 0 Å². The molecule has 0 fully saturated rings. The lowest BCUT2D eigenvalue weighted by molar-refractivity contribution is -0.139. The molecular weight excluding hydrogens is 164 g/mol. The van der Waals surface area contributed by atoms with Crippen LogP contribution in [-0.2, 0) is 9.53 Å². The number of ether oxygens (including phenoxy) is 1. The molecule has 0 saturated heterocycles. The number of carbonyl (C=O) groups is 1. The molecule has 2 heteroatoms. The molecule has 0 bridgehead atoms. The smallest absolute Gasteiger partial charge is 0.333 e. The average molecular weight is 184 g/mol. The van der Waals surface area contributed by atoms with Gasteiger partial charge in [0.1, 0.15) is 0 Å². The van der Waals surface area contributed by atoms with E-state index in [1.807, 2.05) is 19.9 Å². The van der Waals surface area contributed by atoms with Crippen LogP contribution in [0.5, 0.6) is 0 Å². The molecule has 0 aromatic rings. The van der Waals surface area contributed by atoms with Crippen LogP contribution in [-0.4, -0.2) is 12.6 Å². The van der Waals surface area contributed by atoms with Crippen LogP contribution in [0.1, 0.15) is 46.5 Å². The van der Waals surface area contributed by atoms with E-state index in [0.29, 0.717) is 6.61 Å². The van der Waals surface area contributed by atoms with Crippen LogP contribution < -0.4 is 0 Å². The number of hydrogen-bond acceptors (Lipinski definition) is 2. The van der Waals surface area contributed by atoms with Gasteiger partial charge in [0.2, 0.25) is 0 Å². The number of rotatable bonds is 6. The lowest BCUT2D eigenvalue weighted by Crippen LogP contribution is -2.08. The second kappa shape index (κ2) is 7.84. The molecule has 0 N–H and O–H groups in total. The van der Waals surface area contributed by atoms with Gasteiger partial charge in [0.05, 0.1) is 6.61 Å². The lowest BCUT2D eigenvalue weighted by Gasteiger charge is -2.05. The number of carbonyl (C=O) groups excluding carboxylic acids is 1. The maximum atomic E-state index is 11.3. The van der Waals surface area contributed by atoms with Gasteiger partial charge in [0, 0.05) is 5.57 Å². The van der Waals surface area contributed by atoms with Crippen LogP contribution in [0.15, 0.2) is 11.6 Å². The minimum atomic E-state index is -0.141. The monoisotopic (exact) mass is 184 g/mol. The van der Waals surface area contributed by atoms with Crippen molar-refractivity contribution in [1.29, 1.82) is 0 Å². The molecule has 0 aliphatic rings. The Kier molecular flexibility index (Phi) is 7.36. The Hall–Kier alpha value is -0.790. The Morgan fingerprint density at radius 3 is 2.46 bits per heavy atom. The minimum absolute atomic E-state index is 0.141. The van der Waals surface area contributed by atoms with Crippen LogP contribution in [0, 0.1) is 0 Å². The highest BCUT2D eigenvalue weighted by Gasteiger charge is 2.08. The van der Waals surface area contributed by atoms with E-state index in [-0.39, 0.29) is 5.97 Å². The largest absolute Gasteiger partial charge is 0.462 e. The van der Waals surface area contributed by atoms with Gasteiger partial charge in [-0.1, -0.05) is 26.3 Å². The Bertz CT molecular complexity index is 171. The van der Waals surface area contributed by atoms with E-state index in [2.05, 4.69) is 6.92 Å². The molecule has 0 aliphatic carbocycles. The number of esters is 1. The van der Waals surface area contributed by atoms with Crippen molar-refractivity contribution in [3.63, 3.8) is 0 Å². The molecule has 0 heterocycles. The van der Waals surface area contributed by atoms with E-state index in [1.165, 1.54) is 0 Å². The Morgan fingerprint density at radius 1 is 1.31 bits per heavy atom. The summed E-state index contributed by atoms with van der Waals surface area (Å²) in [4.78, 5) is 11.3. The summed E-state index contributed by atoms with van der Waals surface area (Å²) in [5.41, 5.74) is 0.815. The van der Waals surface area contributed by atoms with Crippen molar-refractivity contribution >= 4 is 5.97 Å². The van der Waals surface area contributed by atoms with Gasteiger partial charge in [-0.2, -0.15) is 0 Å². The van der Waals surface area contributed by atoms with Gasteiger partial charge in [-0.3, -0.25) is 0 Å². The summed E-state index contributed by atoms with van der Waals surface area (Å²) in [5.74, 6) is -0.141. The standard InChI is InChI=1S/C11H20O2/c1-4-7-8-10(6-3)11(12)13-9-5-2/h6H,4-5,7-9H2,1-3H3/b10-6+. The first kappa shape index (κ1) is 12.2. The van der Waals surface area contributed by atoms with Gasteiger partial charge in [-0.25, -0.2) is 4.79 Å². The molecule has 0 aromatic heterocycles. The van der Waals surface area contributed by atoms with Crippen LogP contribution in [0.2, 0.25) is 0 Å². The van der Waals surface area contributed by atoms with Crippen molar-refractivity contribution in [2.75, 3.05) is 6.61 Å². The van der Waals surface area contributed by atoms with Crippen molar-refractivity contribution in [3.05, 3.63) is 11.6 Å². The third kappa shape index (κ3) is 5.45. The molecule has 13 heavy (non-hydrogen) atoms. The molecule has 0 rings (SSSR count). The number of allylic oxidation sites excluding steroid dienone is 1. The summed E-state index contributed by atoms with van der Waals surface area (Å²) in [7, 11) is 0. The zero-order valence-corrected chi connectivity index (χ0v) is 8.93. The molecule has 0 amide bonds. The van der Waals surface area contributed by atoms with Gasteiger partial charge < -0.3 is 4.74 Å². The molecule has 0 aromatic carbocycles. The van der Waals surface area contributed by atoms with Crippen molar-refractivity contribution < 1.29 is 9.53 Å². The maximum Gasteiger partial charge on any atom is 0.333 e. The molecular formula is C11H20O2. The summed E-state index contributed by atoms with van der Waals surface area (Å²) < 4.78 is 5.03. The van der Waals surface area contributed by atoms with Gasteiger partial charge >= 0.3 is 5.97 Å². The molecule has 2 nitrogen and oxygen atoms in total. The lowest BCUT2D eigenvalue weighted by atomic mass is 10.1. The second-order valence-electron chi connectivity index (χ2n) is 3.05. The number of unbranched alkanes of at least 4 members (excludes halogenated alkanes) is 1. The van der Waals surface area contributed by atoms with Crippen LogP contribution in [0.3, 0.4) is 0 Å². The molecule has 76 valence electrons. The topological polar surface area (TPSA) is 26.3 Å². The summed E-state index contributed by atoms with van der Waals surface area (Å²) in [6.45, 7) is 6.53. The first-order valence-corrected chi connectivity index (χ1v) is 5.08. The first-order valence-electron chi connectivity index (χ1n) is 5.08. The summed E-state index contributed by atoms with van der Waals surface area (Å²) >= 11 is 0. The third-order valence-corrected chi connectivity index (χ3v) is 1.85. The van der Waals surface area contributed by atoms with Crippen molar-refractivity contribution in [1.82, 2.24) is 0 Å². The van der Waals surface area contributed by atoms with Gasteiger partial charge in [-0.05, 0) is 26.2 Å². The molecule has 0 unspecified atom stereocenters. The van der Waals surface area contributed by atoms with E-state index < -0.39 is 0 Å². The fourth-order valence-corrected chi connectivity index (χ4v) is 1.02. The fourth-order valence-electron chi connectivity index (χ4n) is 1.02. The highest BCUT2D eigenvalue weighted by molar-refractivity contribution is 5.88. The first-order chi connectivity index (χ1) is 6.26. The van der Waals surface area contributed by atoms with Crippen LogP contribution in [0.4, 0.5) is 0 Å². The second-order valence-corrected chi connectivity index (χ2v) is 3.05. The summed E-state index contributed by atoms with van der Waals surface area (Å²) in [6.07, 6.45) is 5.75. The maximum absolute atomic E-state index is 11.3. The molecule has 0 radical (unpaired) electrons. The highest BCUT2D eigenvalue weighted by Crippen LogP contribution is 2.09. The van der Waals surface area contributed by atoms with Crippen LogP contribution in [0.25, 0.3) is 0 Å². The summed E-state index contributed by atoms with van der Waals surface area (Å²) in [6, 6.07) is 0. The zero-order chi connectivity index (χ0) is 10.1. The van der Waals surface area contributed by atoms with Gasteiger partial charge in [0.25, 0.3) is 0 Å². The molecule has 0 atom stereocenters. The molecule has 0 spiro atoms. The predicted molar refractivity (Wildman–Crippen MR) is 54.5 cm³/mol. The van der Waals surface area contributed by atoms with E-state index in [4.69, 9.17) is 4.74 Å². The van der Waals surface area contributed by atoms with Crippen molar-refractivity contribution in [3.8, 4) is 0 Å². The SMILES string of the molecule is C/C=C(\CCCC)C(=O)OCCC. The molecule has 0 aliphatic heterocycles. The molecule has 0 saturated carbocycles. The zero-order valence-electron chi connectivity index (χ0n) is 8.93. The normalized spacial score (nSPS) is 11.5. The van der Waals surface area contributed by atoms with E-state index in [1.54, 1.807) is 0 Å². The predicted octanol–water partition coefficient (Wildman–Crippen LogP) is 3.08. The van der Waals surface area contributed by atoms with Crippen LogP contribution >= 0.6 is 0 Å². The average Bonchev–Trinajstić information content (AvgIpc) is 2.16. The van der Waals surface area contributed by atoms with E-state index >= 15 is 0 Å². The Labute approximate surface area is 81.0 Å². The number of hydrogen-bond donors (Lipinski definition) is 0. The Morgan fingerprint density at radius 2 is 2.00 bits per heavy atom. The fraction of sp³-hybridized carbons (Fsp3) is 0.727. The highest BCUT2D eigenvalue weighted by atomic mass is 16.5. The quantitative estimate of drug-likeness (QED) is 0.468. The van der Waals surface area contributed by atoms with E-state index in [0.717, 1.165) is 31.3 Å². The van der Waals surface area contributed by atoms with Gasteiger partial charge in [-0.15, -0.1) is 0 Å². The summed E-state index contributed by atoms with van der Waals surface area (Å²) in [5, 5.41) is 0.